The lowest BCUT2D eigenvalue weighted by Crippen LogP contribution is -2.32. The van der Waals surface area contributed by atoms with Crippen molar-refractivity contribution in [1.82, 2.24) is 4.90 Å². The predicted octanol–water partition coefficient (Wildman–Crippen LogP) is 3.90. The van der Waals surface area contributed by atoms with E-state index in [2.05, 4.69) is 0 Å². The number of hydrogen-bond acceptors (Lipinski definition) is 3. The van der Waals surface area contributed by atoms with Crippen molar-refractivity contribution in [2.24, 2.45) is 0 Å². The summed E-state index contributed by atoms with van der Waals surface area (Å²) in [5.74, 6) is -0.986. The van der Waals surface area contributed by atoms with Gasteiger partial charge in [-0.15, -0.1) is 0 Å². The van der Waals surface area contributed by atoms with E-state index < -0.39 is 5.97 Å². The summed E-state index contributed by atoms with van der Waals surface area (Å²) in [6.07, 6.45) is 0.00274. The normalized spacial score (nSPS) is 11.2. The van der Waals surface area contributed by atoms with Crippen LogP contribution in [0, 0.1) is 5.82 Å². The Morgan fingerprint density at radius 3 is 2.46 bits per heavy atom. The van der Waals surface area contributed by atoms with E-state index in [1.54, 1.807) is 31.3 Å². The fourth-order valence-corrected chi connectivity index (χ4v) is 2.81. The molecule has 2 rings (SSSR count). The molecule has 0 atom stereocenters. The lowest BCUT2D eigenvalue weighted by molar-refractivity contribution is -0.129. The van der Waals surface area contributed by atoms with Gasteiger partial charge in [-0.1, -0.05) is 39.0 Å². The Kier molecular flexibility index (Phi) is 6.78. The first-order valence-corrected chi connectivity index (χ1v) is 9.07. The van der Waals surface area contributed by atoms with Crippen LogP contribution in [-0.2, 0) is 16.6 Å². The smallest absolute Gasteiger partial charge is 0.335 e. The van der Waals surface area contributed by atoms with Crippen LogP contribution >= 0.6 is 0 Å². The molecular formula is C22H26FNO4. The molecule has 0 spiro atoms. The molecule has 150 valence electrons. The van der Waals surface area contributed by atoms with Crippen LogP contribution < -0.4 is 4.74 Å². The van der Waals surface area contributed by atoms with E-state index in [9.17, 15) is 19.1 Å². The highest BCUT2D eigenvalue weighted by molar-refractivity contribution is 5.91. The number of rotatable bonds is 7. The Bertz CT molecular complexity index is 858. The van der Waals surface area contributed by atoms with Crippen molar-refractivity contribution in [3.63, 3.8) is 0 Å². The van der Waals surface area contributed by atoms with E-state index in [-0.39, 0.29) is 35.7 Å². The van der Waals surface area contributed by atoms with Gasteiger partial charge in [0.05, 0.1) is 18.5 Å². The zero-order valence-electron chi connectivity index (χ0n) is 16.7. The van der Waals surface area contributed by atoms with Gasteiger partial charge in [0.1, 0.15) is 18.2 Å². The molecule has 0 bridgehead atoms. The molecule has 0 unspecified atom stereocenters. The van der Waals surface area contributed by atoms with Crippen LogP contribution in [0.1, 0.15) is 42.3 Å². The molecule has 0 aliphatic heterocycles. The highest BCUT2D eigenvalue weighted by atomic mass is 19.1. The zero-order chi connectivity index (χ0) is 20.9. The largest absolute Gasteiger partial charge is 0.491 e. The van der Waals surface area contributed by atoms with Crippen LogP contribution in [0.3, 0.4) is 0 Å². The van der Waals surface area contributed by atoms with Crippen molar-refractivity contribution in [3.8, 4) is 5.75 Å². The fraction of sp³-hybridized carbons (Fsp3) is 0.364. The minimum Gasteiger partial charge on any atom is -0.491 e. The monoisotopic (exact) mass is 387 g/mol. The molecule has 0 radical (unpaired) electrons. The number of carbonyl (C=O) groups excluding carboxylic acids is 1. The molecule has 2 aromatic rings. The number of benzene rings is 2. The van der Waals surface area contributed by atoms with E-state index in [4.69, 9.17) is 4.74 Å². The van der Waals surface area contributed by atoms with Gasteiger partial charge in [-0.05, 0) is 35.2 Å². The van der Waals surface area contributed by atoms with E-state index >= 15 is 0 Å². The molecule has 5 nitrogen and oxygen atoms in total. The van der Waals surface area contributed by atoms with Gasteiger partial charge in [0, 0.05) is 12.6 Å². The Morgan fingerprint density at radius 1 is 1.14 bits per heavy atom. The molecule has 0 fully saturated rings. The Labute approximate surface area is 164 Å². The van der Waals surface area contributed by atoms with Crippen molar-refractivity contribution in [2.45, 2.75) is 32.6 Å². The molecule has 1 amide bonds. The minimum absolute atomic E-state index is 0.00274. The predicted molar refractivity (Wildman–Crippen MR) is 105 cm³/mol. The van der Waals surface area contributed by atoms with E-state index in [1.807, 2.05) is 20.8 Å². The third kappa shape index (κ3) is 5.55. The van der Waals surface area contributed by atoms with Crippen molar-refractivity contribution in [2.75, 3.05) is 20.2 Å². The highest BCUT2D eigenvalue weighted by Crippen LogP contribution is 2.31. The van der Waals surface area contributed by atoms with Crippen LogP contribution in [0.4, 0.5) is 4.39 Å². The van der Waals surface area contributed by atoms with Crippen molar-refractivity contribution in [3.05, 3.63) is 65.0 Å². The fourth-order valence-electron chi connectivity index (χ4n) is 2.81. The van der Waals surface area contributed by atoms with E-state index in [1.165, 1.54) is 23.1 Å². The molecule has 6 heteroatoms. The molecule has 0 saturated heterocycles. The number of carboxylic acid groups (broad SMARTS) is 1. The molecule has 1 N–H and O–H groups in total. The second-order valence-electron chi connectivity index (χ2n) is 7.69. The molecular weight excluding hydrogens is 361 g/mol. The first-order valence-electron chi connectivity index (χ1n) is 9.07. The summed E-state index contributed by atoms with van der Waals surface area (Å²) < 4.78 is 19.4. The first kappa shape index (κ1) is 21.4. The van der Waals surface area contributed by atoms with Gasteiger partial charge in [0.15, 0.2) is 0 Å². The van der Waals surface area contributed by atoms with E-state index in [0.717, 1.165) is 5.56 Å². The molecule has 0 aliphatic rings. The van der Waals surface area contributed by atoms with Gasteiger partial charge >= 0.3 is 5.97 Å². The van der Waals surface area contributed by atoms with E-state index in [0.29, 0.717) is 17.9 Å². The maximum absolute atomic E-state index is 13.6. The summed E-state index contributed by atoms with van der Waals surface area (Å²) in [5, 5.41) is 9.22. The van der Waals surface area contributed by atoms with Crippen molar-refractivity contribution in [1.29, 1.82) is 0 Å². The molecule has 0 heterocycles. The second-order valence-corrected chi connectivity index (χ2v) is 7.69. The van der Waals surface area contributed by atoms with Crippen LogP contribution in [0.2, 0.25) is 0 Å². The average molecular weight is 387 g/mol. The highest BCUT2D eigenvalue weighted by Gasteiger charge is 2.20. The lowest BCUT2D eigenvalue weighted by Gasteiger charge is -2.24. The minimum atomic E-state index is -1.06. The lowest BCUT2D eigenvalue weighted by atomic mass is 9.86. The summed E-state index contributed by atoms with van der Waals surface area (Å²) in [4.78, 5) is 25.2. The number of carboxylic acids is 1. The number of aromatic carboxylic acids is 1. The number of ether oxygens (including phenoxy) is 1. The summed E-state index contributed by atoms with van der Waals surface area (Å²) in [6, 6.07) is 10.9. The van der Waals surface area contributed by atoms with Gasteiger partial charge < -0.3 is 14.7 Å². The number of hydrogen-bond donors (Lipinski definition) is 1. The van der Waals surface area contributed by atoms with Crippen molar-refractivity contribution >= 4 is 11.9 Å². The number of amides is 1. The number of nitrogens with zero attached hydrogens (tertiary/aromatic N) is 1. The third-order valence-electron chi connectivity index (χ3n) is 4.45. The molecule has 2 aromatic carbocycles. The zero-order valence-corrected chi connectivity index (χ0v) is 16.7. The molecule has 0 saturated carbocycles. The second kappa shape index (κ2) is 8.87. The summed E-state index contributed by atoms with van der Waals surface area (Å²) in [5.41, 5.74) is 1.08. The summed E-state index contributed by atoms with van der Waals surface area (Å²) in [6.45, 7) is 6.51. The van der Waals surface area contributed by atoms with Gasteiger partial charge in [0.25, 0.3) is 0 Å². The van der Waals surface area contributed by atoms with Gasteiger partial charge in [-0.25, -0.2) is 9.18 Å². The molecule has 28 heavy (non-hydrogen) atoms. The van der Waals surface area contributed by atoms with Crippen LogP contribution in [0.15, 0.2) is 42.5 Å². The maximum Gasteiger partial charge on any atom is 0.335 e. The number of carbonyl (C=O) groups is 2. The third-order valence-corrected chi connectivity index (χ3v) is 4.45. The van der Waals surface area contributed by atoms with Crippen LogP contribution in [-0.4, -0.2) is 42.1 Å². The van der Waals surface area contributed by atoms with Gasteiger partial charge in [-0.2, -0.15) is 0 Å². The van der Waals surface area contributed by atoms with Crippen LogP contribution in [0.5, 0.6) is 5.75 Å². The molecule has 0 aliphatic carbocycles. The first-order chi connectivity index (χ1) is 13.1. The Morgan fingerprint density at radius 2 is 1.82 bits per heavy atom. The van der Waals surface area contributed by atoms with Gasteiger partial charge in [-0.3, -0.25) is 4.79 Å². The topological polar surface area (TPSA) is 66.8 Å². The number of likely N-dealkylation sites (N-methyl/N-ethyl adjacent to an activating group) is 1. The standard InChI is InChI=1S/C22H26FNO4/c1-22(2,3)18-14-16(23)9-10-19(18)28-12-11-24(4)20(25)13-15-7-5-6-8-17(15)21(26)27/h5-10,14H,11-13H2,1-4H3,(H,26,27). The Hall–Kier alpha value is -2.89. The summed E-state index contributed by atoms with van der Waals surface area (Å²) in [7, 11) is 1.64. The summed E-state index contributed by atoms with van der Waals surface area (Å²) >= 11 is 0. The quantitative estimate of drug-likeness (QED) is 0.782. The van der Waals surface area contributed by atoms with Gasteiger partial charge in [0.2, 0.25) is 5.91 Å². The average Bonchev–Trinajstić information content (AvgIpc) is 2.62. The molecule has 0 aromatic heterocycles. The maximum atomic E-state index is 13.6. The SMILES string of the molecule is CN(CCOc1ccc(F)cc1C(C)(C)C)C(=O)Cc1ccccc1C(=O)O. The number of halogens is 1. The van der Waals surface area contributed by atoms with Crippen molar-refractivity contribution < 1.29 is 23.8 Å². The Balaban J connectivity index is 1.97. The van der Waals surface area contributed by atoms with Crippen LogP contribution in [0.25, 0.3) is 0 Å².